The van der Waals surface area contributed by atoms with Gasteiger partial charge in [0.25, 0.3) is 0 Å². The Kier molecular flexibility index (Phi) is 1.66. The molecule has 0 bridgehead atoms. The molecular formula is C8H10N4. The molecule has 0 aliphatic rings. The molecule has 0 fully saturated rings. The van der Waals surface area contributed by atoms with Crippen molar-refractivity contribution in [1.29, 1.82) is 0 Å². The molecule has 0 unspecified atom stereocenters. The van der Waals surface area contributed by atoms with Gasteiger partial charge in [-0.3, -0.25) is 10.1 Å². The molecule has 0 aliphatic heterocycles. The zero-order valence-corrected chi connectivity index (χ0v) is 6.83. The third-order valence-corrected chi connectivity index (χ3v) is 1.66. The number of H-pyrrole nitrogens is 1. The number of anilines is 1. The Morgan fingerprint density at radius 3 is 3.33 bits per heavy atom. The Morgan fingerprint density at radius 2 is 2.50 bits per heavy atom. The highest BCUT2D eigenvalue weighted by atomic mass is 15.2. The number of fused-ring (bicyclic) bond motifs is 1. The summed E-state index contributed by atoms with van der Waals surface area (Å²) >= 11 is 0. The second-order valence-electron chi connectivity index (χ2n) is 2.50. The molecule has 4 heteroatoms. The van der Waals surface area contributed by atoms with Gasteiger partial charge in [0.05, 0.1) is 5.52 Å². The molecule has 0 aromatic carbocycles. The van der Waals surface area contributed by atoms with Gasteiger partial charge in [0, 0.05) is 12.7 Å². The van der Waals surface area contributed by atoms with Crippen molar-refractivity contribution >= 4 is 16.9 Å². The van der Waals surface area contributed by atoms with Gasteiger partial charge in [0.15, 0.2) is 5.82 Å². The molecular weight excluding hydrogens is 152 g/mol. The molecule has 2 N–H and O–H groups in total. The third kappa shape index (κ3) is 1.01. The Labute approximate surface area is 70.0 Å². The monoisotopic (exact) mass is 162 g/mol. The highest BCUT2D eigenvalue weighted by Gasteiger charge is 2.02. The van der Waals surface area contributed by atoms with Crippen LogP contribution in [0.4, 0.5) is 5.82 Å². The van der Waals surface area contributed by atoms with E-state index in [0.717, 1.165) is 23.4 Å². The molecule has 0 atom stereocenters. The quantitative estimate of drug-likeness (QED) is 0.701. The maximum Gasteiger partial charge on any atom is 0.174 e. The predicted molar refractivity (Wildman–Crippen MR) is 48.1 cm³/mol. The summed E-state index contributed by atoms with van der Waals surface area (Å²) < 4.78 is 0. The molecule has 2 aromatic rings. The summed E-state index contributed by atoms with van der Waals surface area (Å²) in [6.07, 6.45) is 1.76. The molecule has 0 radical (unpaired) electrons. The summed E-state index contributed by atoms with van der Waals surface area (Å²) in [5.74, 6) is 0.827. The van der Waals surface area contributed by atoms with Crippen LogP contribution in [0.1, 0.15) is 6.92 Å². The van der Waals surface area contributed by atoms with Gasteiger partial charge in [-0.2, -0.15) is 5.10 Å². The van der Waals surface area contributed by atoms with E-state index >= 15 is 0 Å². The van der Waals surface area contributed by atoms with Gasteiger partial charge in [-0.05, 0) is 19.1 Å². The number of nitrogens with zero attached hydrogens (tertiary/aromatic N) is 2. The van der Waals surface area contributed by atoms with E-state index in [-0.39, 0.29) is 0 Å². The first kappa shape index (κ1) is 7.09. The van der Waals surface area contributed by atoms with Crippen LogP contribution in [-0.4, -0.2) is 21.7 Å². The van der Waals surface area contributed by atoms with E-state index in [2.05, 4.69) is 20.5 Å². The van der Waals surface area contributed by atoms with E-state index in [1.54, 1.807) is 6.20 Å². The molecule has 12 heavy (non-hydrogen) atoms. The first-order valence-corrected chi connectivity index (χ1v) is 3.95. The number of rotatable bonds is 2. The smallest absolute Gasteiger partial charge is 0.174 e. The van der Waals surface area contributed by atoms with Crippen LogP contribution in [0.25, 0.3) is 11.0 Å². The molecule has 0 saturated heterocycles. The topological polar surface area (TPSA) is 53.6 Å². The minimum atomic E-state index is 0.827. The fourth-order valence-electron chi connectivity index (χ4n) is 1.14. The maximum absolute atomic E-state index is 4.20. The number of aromatic amines is 1. The zero-order valence-electron chi connectivity index (χ0n) is 6.83. The van der Waals surface area contributed by atoms with Crippen LogP contribution in [0.15, 0.2) is 18.3 Å². The number of hydrogen-bond acceptors (Lipinski definition) is 3. The lowest BCUT2D eigenvalue weighted by Crippen LogP contribution is -1.97. The van der Waals surface area contributed by atoms with Crippen LogP contribution in [-0.2, 0) is 0 Å². The Balaban J connectivity index is 2.55. The Morgan fingerprint density at radius 1 is 1.58 bits per heavy atom. The average molecular weight is 162 g/mol. The van der Waals surface area contributed by atoms with Crippen molar-refractivity contribution in [3.05, 3.63) is 18.3 Å². The Bertz CT molecular complexity index is 379. The summed E-state index contributed by atoms with van der Waals surface area (Å²) in [5.41, 5.74) is 1.87. The van der Waals surface area contributed by atoms with Crippen molar-refractivity contribution in [3.63, 3.8) is 0 Å². The first-order valence-electron chi connectivity index (χ1n) is 3.95. The lowest BCUT2D eigenvalue weighted by molar-refractivity contribution is 1.08. The van der Waals surface area contributed by atoms with Gasteiger partial charge >= 0.3 is 0 Å². The summed E-state index contributed by atoms with van der Waals surface area (Å²) in [5, 5.41) is 10.1. The lowest BCUT2D eigenvalue weighted by Gasteiger charge is -1.95. The first-order chi connectivity index (χ1) is 5.92. The number of hydrogen-bond donors (Lipinski definition) is 2. The van der Waals surface area contributed by atoms with Crippen LogP contribution in [0.3, 0.4) is 0 Å². The van der Waals surface area contributed by atoms with Crippen molar-refractivity contribution in [2.45, 2.75) is 6.92 Å². The van der Waals surface area contributed by atoms with Gasteiger partial charge < -0.3 is 5.32 Å². The highest BCUT2D eigenvalue weighted by molar-refractivity contribution is 5.85. The average Bonchev–Trinajstić information content (AvgIpc) is 2.50. The predicted octanol–water partition coefficient (Wildman–Crippen LogP) is 1.39. The fraction of sp³-hybridized carbons (Fsp3) is 0.250. The molecule has 62 valence electrons. The molecule has 2 rings (SSSR count). The van der Waals surface area contributed by atoms with Crippen LogP contribution in [0.5, 0.6) is 0 Å². The summed E-state index contributed by atoms with van der Waals surface area (Å²) in [7, 11) is 0. The van der Waals surface area contributed by atoms with Crippen molar-refractivity contribution in [3.8, 4) is 0 Å². The summed E-state index contributed by atoms with van der Waals surface area (Å²) in [6, 6.07) is 3.84. The van der Waals surface area contributed by atoms with Crippen LogP contribution in [0.2, 0.25) is 0 Å². The highest BCUT2D eigenvalue weighted by Crippen LogP contribution is 2.15. The molecule has 2 heterocycles. The third-order valence-electron chi connectivity index (χ3n) is 1.66. The van der Waals surface area contributed by atoms with Gasteiger partial charge in [0.2, 0.25) is 0 Å². The minimum absolute atomic E-state index is 0.827. The summed E-state index contributed by atoms with van der Waals surface area (Å²) in [6.45, 7) is 2.89. The number of pyridine rings is 1. The van der Waals surface area contributed by atoms with E-state index in [0.29, 0.717) is 0 Å². The van der Waals surface area contributed by atoms with E-state index in [9.17, 15) is 0 Å². The minimum Gasteiger partial charge on any atom is -0.367 e. The molecule has 2 aromatic heterocycles. The van der Waals surface area contributed by atoms with Crippen molar-refractivity contribution < 1.29 is 0 Å². The molecule has 4 nitrogen and oxygen atoms in total. The van der Waals surface area contributed by atoms with E-state index in [1.807, 2.05) is 19.1 Å². The standard InChI is InChI=1S/C8H10N4/c1-2-9-8-7-6(11-12-8)4-3-5-10-7/h3-5H,2H2,1H3,(H2,9,11,12). The molecule has 0 saturated carbocycles. The SMILES string of the molecule is CCNc1n[nH]c2cccnc12. The van der Waals surface area contributed by atoms with Crippen molar-refractivity contribution in [2.24, 2.45) is 0 Å². The Hall–Kier alpha value is -1.58. The lowest BCUT2D eigenvalue weighted by atomic mass is 10.4. The second kappa shape index (κ2) is 2.81. The van der Waals surface area contributed by atoms with E-state index in [1.165, 1.54) is 0 Å². The van der Waals surface area contributed by atoms with Crippen molar-refractivity contribution in [2.75, 3.05) is 11.9 Å². The molecule has 0 amide bonds. The van der Waals surface area contributed by atoms with E-state index in [4.69, 9.17) is 0 Å². The van der Waals surface area contributed by atoms with Gasteiger partial charge in [-0.25, -0.2) is 0 Å². The van der Waals surface area contributed by atoms with Crippen molar-refractivity contribution in [1.82, 2.24) is 15.2 Å². The second-order valence-corrected chi connectivity index (χ2v) is 2.50. The van der Waals surface area contributed by atoms with Gasteiger partial charge in [0.1, 0.15) is 5.52 Å². The normalized spacial score (nSPS) is 10.4. The zero-order chi connectivity index (χ0) is 8.39. The molecule has 0 aliphatic carbocycles. The molecule has 0 spiro atoms. The van der Waals surface area contributed by atoms with Crippen LogP contribution < -0.4 is 5.32 Å². The maximum atomic E-state index is 4.20. The van der Waals surface area contributed by atoms with Gasteiger partial charge in [-0.1, -0.05) is 0 Å². The van der Waals surface area contributed by atoms with Crippen LogP contribution >= 0.6 is 0 Å². The largest absolute Gasteiger partial charge is 0.367 e. The van der Waals surface area contributed by atoms with E-state index < -0.39 is 0 Å². The number of aromatic nitrogens is 3. The van der Waals surface area contributed by atoms with Crippen LogP contribution in [0, 0.1) is 0 Å². The fourth-order valence-corrected chi connectivity index (χ4v) is 1.14. The van der Waals surface area contributed by atoms with Gasteiger partial charge in [-0.15, -0.1) is 0 Å². The summed E-state index contributed by atoms with van der Waals surface area (Å²) in [4.78, 5) is 4.20. The number of nitrogens with one attached hydrogen (secondary N) is 2.